The van der Waals surface area contributed by atoms with Crippen molar-refractivity contribution in [1.29, 1.82) is 0 Å². The Hall–Kier alpha value is -2.04. The smallest absolute Gasteiger partial charge is 0.323 e. The number of phenolic OH excluding ortho intramolecular Hbond substituents is 1. The maximum absolute atomic E-state index is 11.5. The van der Waals surface area contributed by atoms with E-state index in [4.69, 9.17) is 5.11 Å². The molecule has 0 radical (unpaired) electrons. The van der Waals surface area contributed by atoms with Crippen LogP contribution in [-0.4, -0.2) is 40.6 Å². The zero-order valence-corrected chi connectivity index (χ0v) is 9.59. The number of carbonyl (C=O) groups is 2. The molecule has 0 atom stereocenters. The lowest BCUT2D eigenvalue weighted by atomic mass is 10.1. The summed E-state index contributed by atoms with van der Waals surface area (Å²) < 4.78 is 0. The number of para-hydroxylation sites is 1. The van der Waals surface area contributed by atoms with Crippen molar-refractivity contribution in [3.8, 4) is 5.75 Å². The van der Waals surface area contributed by atoms with Crippen molar-refractivity contribution in [2.75, 3.05) is 13.6 Å². The van der Waals surface area contributed by atoms with Crippen LogP contribution in [0.4, 0.5) is 0 Å². The van der Waals surface area contributed by atoms with E-state index in [0.717, 1.165) is 4.90 Å². The quantitative estimate of drug-likeness (QED) is 0.796. The van der Waals surface area contributed by atoms with Crippen LogP contribution in [0, 0.1) is 0 Å². The predicted molar refractivity (Wildman–Crippen MR) is 61.7 cm³/mol. The van der Waals surface area contributed by atoms with E-state index in [-0.39, 0.29) is 24.6 Å². The first-order chi connectivity index (χ1) is 8.00. The molecular formula is C12H15NO4. The molecule has 0 spiro atoms. The van der Waals surface area contributed by atoms with E-state index in [9.17, 15) is 14.7 Å². The number of likely N-dealkylation sites (N-methyl/N-ethyl adjacent to an activating group) is 1. The highest BCUT2D eigenvalue weighted by Crippen LogP contribution is 2.17. The number of phenols is 1. The van der Waals surface area contributed by atoms with Crippen LogP contribution in [0.5, 0.6) is 5.75 Å². The third-order valence-corrected chi connectivity index (χ3v) is 2.40. The molecule has 92 valence electrons. The Bertz CT molecular complexity index is 417. The van der Waals surface area contributed by atoms with Gasteiger partial charge in [0, 0.05) is 13.5 Å². The Morgan fingerprint density at radius 3 is 2.53 bits per heavy atom. The monoisotopic (exact) mass is 237 g/mol. The third kappa shape index (κ3) is 4.14. The third-order valence-electron chi connectivity index (χ3n) is 2.40. The summed E-state index contributed by atoms with van der Waals surface area (Å²) in [5.74, 6) is -1.14. The summed E-state index contributed by atoms with van der Waals surface area (Å²) in [5.41, 5.74) is 0.685. The van der Waals surface area contributed by atoms with Crippen LogP contribution in [-0.2, 0) is 16.0 Å². The highest BCUT2D eigenvalue weighted by molar-refractivity contribution is 5.81. The van der Waals surface area contributed by atoms with Crippen LogP contribution in [0.1, 0.15) is 12.0 Å². The molecule has 1 amide bonds. The van der Waals surface area contributed by atoms with Crippen molar-refractivity contribution < 1.29 is 19.8 Å². The van der Waals surface area contributed by atoms with Gasteiger partial charge in [0.15, 0.2) is 0 Å². The largest absolute Gasteiger partial charge is 0.508 e. The number of benzene rings is 1. The molecule has 0 aliphatic heterocycles. The van der Waals surface area contributed by atoms with Gasteiger partial charge in [-0.15, -0.1) is 0 Å². The first-order valence-electron chi connectivity index (χ1n) is 5.23. The van der Waals surface area contributed by atoms with E-state index < -0.39 is 5.97 Å². The fourth-order valence-electron chi connectivity index (χ4n) is 1.45. The van der Waals surface area contributed by atoms with E-state index in [2.05, 4.69) is 0 Å². The van der Waals surface area contributed by atoms with Crippen LogP contribution >= 0.6 is 0 Å². The number of carboxylic acid groups (broad SMARTS) is 1. The van der Waals surface area contributed by atoms with Gasteiger partial charge < -0.3 is 15.1 Å². The maximum atomic E-state index is 11.5. The van der Waals surface area contributed by atoms with Gasteiger partial charge in [-0.3, -0.25) is 9.59 Å². The van der Waals surface area contributed by atoms with E-state index in [1.807, 2.05) is 0 Å². The zero-order chi connectivity index (χ0) is 12.8. The maximum Gasteiger partial charge on any atom is 0.323 e. The molecule has 0 saturated heterocycles. The summed E-state index contributed by atoms with van der Waals surface area (Å²) in [6.45, 7) is -0.306. The number of carbonyl (C=O) groups excluding carboxylic acids is 1. The van der Waals surface area contributed by atoms with Gasteiger partial charge in [0.05, 0.1) is 0 Å². The first kappa shape index (κ1) is 13.0. The van der Waals surface area contributed by atoms with Gasteiger partial charge in [-0.05, 0) is 18.1 Å². The molecule has 5 nitrogen and oxygen atoms in total. The summed E-state index contributed by atoms with van der Waals surface area (Å²) >= 11 is 0. The van der Waals surface area contributed by atoms with Gasteiger partial charge in [0.1, 0.15) is 12.3 Å². The average Bonchev–Trinajstić information content (AvgIpc) is 2.26. The van der Waals surface area contributed by atoms with Crippen molar-refractivity contribution in [3.05, 3.63) is 29.8 Å². The molecule has 0 aliphatic rings. The van der Waals surface area contributed by atoms with E-state index in [1.54, 1.807) is 24.3 Å². The molecule has 0 unspecified atom stereocenters. The number of hydrogen-bond donors (Lipinski definition) is 2. The van der Waals surface area contributed by atoms with Gasteiger partial charge in [-0.1, -0.05) is 18.2 Å². The Morgan fingerprint density at radius 1 is 1.29 bits per heavy atom. The second kappa shape index (κ2) is 5.89. The van der Waals surface area contributed by atoms with Crippen LogP contribution in [0.25, 0.3) is 0 Å². The molecule has 5 heteroatoms. The van der Waals surface area contributed by atoms with Gasteiger partial charge in [-0.2, -0.15) is 0 Å². The molecule has 0 fully saturated rings. The molecule has 1 aromatic carbocycles. The fourth-order valence-corrected chi connectivity index (χ4v) is 1.45. The lowest BCUT2D eigenvalue weighted by Crippen LogP contribution is -2.32. The van der Waals surface area contributed by atoms with Crippen LogP contribution in [0.3, 0.4) is 0 Å². The molecule has 0 heterocycles. The Labute approximate surface area is 99.3 Å². The molecule has 1 aromatic rings. The lowest BCUT2D eigenvalue weighted by molar-refractivity contribution is -0.143. The summed E-state index contributed by atoms with van der Waals surface area (Å²) in [6.07, 6.45) is 0.580. The summed E-state index contributed by atoms with van der Waals surface area (Å²) in [4.78, 5) is 23.1. The van der Waals surface area contributed by atoms with Gasteiger partial charge in [0.25, 0.3) is 0 Å². The Morgan fingerprint density at radius 2 is 1.94 bits per heavy atom. The van der Waals surface area contributed by atoms with Crippen LogP contribution in [0.2, 0.25) is 0 Å². The fraction of sp³-hybridized carbons (Fsp3) is 0.333. The summed E-state index contributed by atoms with van der Waals surface area (Å²) in [5, 5.41) is 18.0. The second-order valence-corrected chi connectivity index (χ2v) is 3.77. The molecule has 0 bridgehead atoms. The lowest BCUT2D eigenvalue weighted by Gasteiger charge is -2.14. The number of hydrogen-bond acceptors (Lipinski definition) is 3. The number of rotatable bonds is 5. The number of amides is 1. The van der Waals surface area contributed by atoms with Crippen molar-refractivity contribution in [2.45, 2.75) is 12.8 Å². The molecule has 1 rings (SSSR count). The van der Waals surface area contributed by atoms with Gasteiger partial charge in [0.2, 0.25) is 5.91 Å². The molecule has 17 heavy (non-hydrogen) atoms. The minimum atomic E-state index is -1.04. The standard InChI is InChI=1S/C12H15NO4/c1-13(8-12(16)17)11(15)7-6-9-4-2-3-5-10(9)14/h2-5,14H,6-8H2,1H3,(H,16,17). The van der Waals surface area contributed by atoms with Crippen molar-refractivity contribution in [2.24, 2.45) is 0 Å². The second-order valence-electron chi connectivity index (χ2n) is 3.77. The first-order valence-corrected chi connectivity index (χ1v) is 5.23. The highest BCUT2D eigenvalue weighted by atomic mass is 16.4. The van der Waals surface area contributed by atoms with E-state index >= 15 is 0 Å². The predicted octanol–water partition coefficient (Wildman–Crippen LogP) is 0.868. The van der Waals surface area contributed by atoms with Crippen molar-refractivity contribution >= 4 is 11.9 Å². The molecule has 0 saturated carbocycles. The van der Waals surface area contributed by atoms with Gasteiger partial charge in [-0.25, -0.2) is 0 Å². The number of nitrogens with zero attached hydrogens (tertiary/aromatic N) is 1. The molecular weight excluding hydrogens is 222 g/mol. The van der Waals surface area contributed by atoms with Gasteiger partial charge >= 0.3 is 5.97 Å². The average molecular weight is 237 g/mol. The van der Waals surface area contributed by atoms with E-state index in [1.165, 1.54) is 7.05 Å². The van der Waals surface area contributed by atoms with Crippen LogP contribution in [0.15, 0.2) is 24.3 Å². The topological polar surface area (TPSA) is 77.8 Å². The van der Waals surface area contributed by atoms with Crippen molar-refractivity contribution in [1.82, 2.24) is 4.90 Å². The number of aromatic hydroxyl groups is 1. The molecule has 0 aromatic heterocycles. The number of carboxylic acids is 1. The minimum absolute atomic E-state index is 0.154. The normalized spacial score (nSPS) is 9.94. The highest BCUT2D eigenvalue weighted by Gasteiger charge is 2.12. The molecule has 2 N–H and O–H groups in total. The SMILES string of the molecule is CN(CC(=O)O)C(=O)CCc1ccccc1O. The van der Waals surface area contributed by atoms with Crippen LogP contribution < -0.4 is 0 Å². The van der Waals surface area contributed by atoms with E-state index in [0.29, 0.717) is 12.0 Å². The Balaban J connectivity index is 2.48. The Kier molecular flexibility index (Phi) is 4.51. The summed E-state index contributed by atoms with van der Waals surface area (Å²) in [6, 6.07) is 6.78. The number of aryl methyl sites for hydroxylation is 1. The molecule has 0 aliphatic carbocycles. The minimum Gasteiger partial charge on any atom is -0.508 e. The summed E-state index contributed by atoms with van der Waals surface area (Å²) in [7, 11) is 1.45. The number of aliphatic carboxylic acids is 1. The zero-order valence-electron chi connectivity index (χ0n) is 9.59. The van der Waals surface area contributed by atoms with Crippen molar-refractivity contribution in [3.63, 3.8) is 0 Å².